The number of carboxylic acid groups (broad SMARTS) is 1. The summed E-state index contributed by atoms with van der Waals surface area (Å²) in [5.41, 5.74) is 0. The number of isocyanates is 4. The number of esters is 2. The normalized spacial score (nSPS) is 10.0. The van der Waals surface area contributed by atoms with E-state index in [9.17, 15) is 33.6 Å². The third-order valence-electron chi connectivity index (χ3n) is 3.49. The fourth-order valence-corrected chi connectivity index (χ4v) is 1.95. The molecule has 0 aliphatic carbocycles. The van der Waals surface area contributed by atoms with Crippen molar-refractivity contribution < 1.29 is 48.1 Å². The Labute approximate surface area is 194 Å². The van der Waals surface area contributed by atoms with Gasteiger partial charge in [-0.05, 0) is 12.8 Å². The van der Waals surface area contributed by atoms with Crippen LogP contribution < -0.4 is 0 Å². The monoisotopic (exact) mass is 480 g/mol. The van der Waals surface area contributed by atoms with E-state index in [2.05, 4.69) is 29.4 Å². The summed E-state index contributed by atoms with van der Waals surface area (Å²) in [4.78, 5) is 84.5. The summed E-state index contributed by atoms with van der Waals surface area (Å²) < 4.78 is 9.12. The van der Waals surface area contributed by atoms with Gasteiger partial charge in [0.05, 0.1) is 32.1 Å². The Kier molecular flexibility index (Phi) is 23.4. The average Bonchev–Trinajstić information content (AvgIpc) is 2.82. The van der Waals surface area contributed by atoms with Crippen LogP contribution in [0, 0.1) is 5.92 Å². The highest BCUT2D eigenvalue weighted by Crippen LogP contribution is 2.10. The van der Waals surface area contributed by atoms with Crippen molar-refractivity contribution >= 4 is 42.2 Å². The fourth-order valence-electron chi connectivity index (χ4n) is 1.95. The molecule has 0 aromatic carbocycles. The van der Waals surface area contributed by atoms with E-state index in [0.717, 1.165) is 25.0 Å². The molecular formula is C20H24N4O10. The van der Waals surface area contributed by atoms with Gasteiger partial charge in [0.15, 0.2) is 0 Å². The topological polar surface area (TPSA) is 208 Å². The molecule has 14 nitrogen and oxygen atoms in total. The lowest BCUT2D eigenvalue weighted by Gasteiger charge is -2.07. The number of carboxylic acids is 1. The molecule has 0 rings (SSSR count). The molecule has 0 heterocycles. The molecule has 0 saturated carbocycles. The lowest BCUT2D eigenvalue weighted by atomic mass is 10.0. The van der Waals surface area contributed by atoms with Crippen molar-refractivity contribution in [3.8, 4) is 0 Å². The minimum absolute atomic E-state index is 0.0111. The van der Waals surface area contributed by atoms with Crippen LogP contribution >= 0.6 is 0 Å². The minimum atomic E-state index is -0.954. The molecule has 0 bridgehead atoms. The quantitative estimate of drug-likeness (QED) is 0.0984. The number of unbranched alkanes of at least 4 members (excludes halogenated alkanes) is 2. The molecule has 0 aliphatic rings. The zero-order valence-electron chi connectivity index (χ0n) is 18.2. The molecule has 1 unspecified atom stereocenters. The van der Waals surface area contributed by atoms with Gasteiger partial charge in [0.1, 0.15) is 13.2 Å². The number of hydrogen-bond donors (Lipinski definition) is 1. The summed E-state index contributed by atoms with van der Waals surface area (Å²) in [7, 11) is 0. The first-order valence-corrected chi connectivity index (χ1v) is 9.81. The molecule has 0 aromatic heterocycles. The van der Waals surface area contributed by atoms with Crippen LogP contribution in [0.5, 0.6) is 0 Å². The zero-order chi connectivity index (χ0) is 25.9. The molecule has 0 amide bonds. The Morgan fingerprint density at radius 1 is 0.706 bits per heavy atom. The van der Waals surface area contributed by atoms with Crippen molar-refractivity contribution in [2.45, 2.75) is 25.7 Å². The molecule has 34 heavy (non-hydrogen) atoms. The Morgan fingerprint density at radius 3 is 1.62 bits per heavy atom. The lowest BCUT2D eigenvalue weighted by Crippen LogP contribution is -2.16. The summed E-state index contributed by atoms with van der Waals surface area (Å²) in [6.45, 7) is 0.260. The Hall–Kier alpha value is -4.33. The van der Waals surface area contributed by atoms with E-state index < -0.39 is 23.8 Å². The molecule has 0 aromatic rings. The van der Waals surface area contributed by atoms with Crippen LogP contribution in [0.2, 0.25) is 0 Å². The van der Waals surface area contributed by atoms with Gasteiger partial charge in [-0.3, -0.25) is 4.79 Å². The van der Waals surface area contributed by atoms with E-state index in [-0.39, 0.29) is 32.8 Å². The summed E-state index contributed by atoms with van der Waals surface area (Å²) in [6.07, 6.45) is 9.76. The van der Waals surface area contributed by atoms with Crippen molar-refractivity contribution in [1.29, 1.82) is 0 Å². The largest absolute Gasteiger partial charge is 0.481 e. The van der Waals surface area contributed by atoms with E-state index in [0.29, 0.717) is 19.4 Å². The number of aliphatic carboxylic acids is 1. The second kappa shape index (κ2) is 24.9. The van der Waals surface area contributed by atoms with E-state index >= 15 is 0 Å². The number of hydrogen-bond acceptors (Lipinski definition) is 13. The molecule has 0 radical (unpaired) electrons. The van der Waals surface area contributed by atoms with Crippen molar-refractivity contribution in [3.63, 3.8) is 0 Å². The van der Waals surface area contributed by atoms with E-state index in [1.807, 2.05) is 0 Å². The summed E-state index contributed by atoms with van der Waals surface area (Å²) in [6, 6.07) is 0. The number of aliphatic imine (C=N–C) groups is 4. The number of rotatable bonds is 17. The van der Waals surface area contributed by atoms with Crippen molar-refractivity contribution in [3.05, 3.63) is 12.2 Å². The third kappa shape index (κ3) is 23.9. The molecule has 0 aliphatic heterocycles. The van der Waals surface area contributed by atoms with Crippen LogP contribution in [-0.4, -0.2) is 86.7 Å². The number of carbonyl (C=O) groups excluding carboxylic acids is 6. The van der Waals surface area contributed by atoms with Crippen LogP contribution in [0.25, 0.3) is 0 Å². The lowest BCUT2D eigenvalue weighted by molar-refractivity contribution is -0.141. The standard InChI is InChI=1S/C10H10N2O6.C10H14N2O4/c13-7-11-3-5-17-9(15)1-2-10(16)18-6-4-12-8-14;13-7-11-5-3-1-2-4-9(10(15)16)6-12-8-14/h1-2H,3-6H2;9H,1-6H2,(H,15,16)/b2-1+;. The highest BCUT2D eigenvalue weighted by Gasteiger charge is 2.16. The van der Waals surface area contributed by atoms with Crippen LogP contribution in [0.4, 0.5) is 0 Å². The van der Waals surface area contributed by atoms with Gasteiger partial charge < -0.3 is 14.6 Å². The molecular weight excluding hydrogens is 456 g/mol. The highest BCUT2D eigenvalue weighted by molar-refractivity contribution is 5.91. The van der Waals surface area contributed by atoms with Crippen molar-refractivity contribution in [1.82, 2.24) is 0 Å². The Bertz CT molecular complexity index is 809. The van der Waals surface area contributed by atoms with Gasteiger partial charge in [0.2, 0.25) is 24.3 Å². The highest BCUT2D eigenvalue weighted by atomic mass is 16.5. The maximum Gasteiger partial charge on any atom is 0.331 e. The van der Waals surface area contributed by atoms with Gasteiger partial charge in [0, 0.05) is 12.2 Å². The van der Waals surface area contributed by atoms with Crippen LogP contribution in [0.1, 0.15) is 25.7 Å². The predicted molar refractivity (Wildman–Crippen MR) is 113 cm³/mol. The maximum atomic E-state index is 11.0. The molecule has 14 heteroatoms. The van der Waals surface area contributed by atoms with Crippen molar-refractivity contribution in [2.24, 2.45) is 25.9 Å². The smallest absolute Gasteiger partial charge is 0.331 e. The van der Waals surface area contributed by atoms with E-state index in [4.69, 9.17) is 5.11 Å². The first kappa shape index (κ1) is 31.9. The predicted octanol–water partition coefficient (Wildman–Crippen LogP) is 0.220. The Morgan fingerprint density at radius 2 is 1.18 bits per heavy atom. The molecule has 0 saturated heterocycles. The SMILES string of the molecule is O=C=NCCCCCC(CN=C=O)C(=O)O.O=C=NCCOC(=O)/C=C/C(=O)OCCN=C=O. The molecule has 0 spiro atoms. The number of carbonyl (C=O) groups is 3. The fraction of sp³-hybridized carbons (Fsp3) is 0.550. The molecule has 1 N–H and O–H groups in total. The minimum Gasteiger partial charge on any atom is -0.481 e. The maximum absolute atomic E-state index is 11.0. The van der Waals surface area contributed by atoms with Gasteiger partial charge >= 0.3 is 17.9 Å². The van der Waals surface area contributed by atoms with Gasteiger partial charge in [-0.15, -0.1) is 0 Å². The van der Waals surface area contributed by atoms with Crippen LogP contribution in [-0.2, 0) is 43.0 Å². The Balaban J connectivity index is 0. The number of ether oxygens (including phenoxy) is 2. The molecule has 1 atom stereocenters. The average molecular weight is 480 g/mol. The van der Waals surface area contributed by atoms with Gasteiger partial charge in [0.25, 0.3) is 0 Å². The zero-order valence-corrected chi connectivity index (χ0v) is 18.2. The summed E-state index contributed by atoms with van der Waals surface area (Å²) in [5.74, 6) is -3.11. The summed E-state index contributed by atoms with van der Waals surface area (Å²) in [5, 5.41) is 8.78. The van der Waals surface area contributed by atoms with Crippen LogP contribution in [0.15, 0.2) is 32.1 Å². The van der Waals surface area contributed by atoms with Gasteiger partial charge in [-0.25, -0.2) is 48.7 Å². The third-order valence-corrected chi connectivity index (χ3v) is 3.49. The first-order chi connectivity index (χ1) is 16.4. The first-order valence-electron chi connectivity index (χ1n) is 9.81. The molecule has 0 fully saturated rings. The van der Waals surface area contributed by atoms with Gasteiger partial charge in [-0.1, -0.05) is 12.8 Å². The van der Waals surface area contributed by atoms with E-state index in [1.165, 1.54) is 24.3 Å². The van der Waals surface area contributed by atoms with Crippen molar-refractivity contribution in [2.75, 3.05) is 39.4 Å². The molecule has 184 valence electrons. The van der Waals surface area contributed by atoms with Crippen LogP contribution in [0.3, 0.4) is 0 Å². The second-order valence-electron chi connectivity index (χ2n) is 5.90. The summed E-state index contributed by atoms with van der Waals surface area (Å²) >= 11 is 0. The second-order valence-corrected chi connectivity index (χ2v) is 5.90. The van der Waals surface area contributed by atoms with E-state index in [1.54, 1.807) is 0 Å². The van der Waals surface area contributed by atoms with Gasteiger partial charge in [-0.2, -0.15) is 0 Å². The number of nitrogens with zero attached hydrogens (tertiary/aromatic N) is 4.